The fourth-order valence-corrected chi connectivity index (χ4v) is 4.45. The molecule has 7 nitrogen and oxygen atoms in total. The van der Waals surface area contributed by atoms with Crippen LogP contribution in [0.4, 0.5) is 4.79 Å². The first-order valence-electron chi connectivity index (χ1n) is 13.9. The summed E-state index contributed by atoms with van der Waals surface area (Å²) in [4.78, 5) is 42.7. The lowest BCUT2D eigenvalue weighted by Gasteiger charge is -2.43. The second kappa shape index (κ2) is 14.2. The summed E-state index contributed by atoms with van der Waals surface area (Å²) in [5.74, 6) is -0.594. The number of nitrogens with one attached hydrogen (secondary N) is 2. The number of unbranched alkanes of at least 4 members (excludes halogenated alkanes) is 2. The van der Waals surface area contributed by atoms with Crippen molar-refractivity contribution in [3.05, 3.63) is 71.3 Å². The molecular formula is C32H47N3O4. The van der Waals surface area contributed by atoms with Crippen LogP contribution in [0.3, 0.4) is 0 Å². The first-order chi connectivity index (χ1) is 18.2. The number of hydrogen-bond donors (Lipinski definition) is 2. The van der Waals surface area contributed by atoms with E-state index in [2.05, 4.69) is 17.6 Å². The summed E-state index contributed by atoms with van der Waals surface area (Å²) in [6, 6.07) is 15.4. The molecule has 2 rings (SSSR count). The lowest BCUT2D eigenvalue weighted by molar-refractivity contribution is -0.148. The minimum atomic E-state index is -0.943. The summed E-state index contributed by atoms with van der Waals surface area (Å²) in [6.45, 7) is 15.7. The minimum Gasteiger partial charge on any atom is -0.444 e. The van der Waals surface area contributed by atoms with Gasteiger partial charge in [0.25, 0.3) is 0 Å². The van der Waals surface area contributed by atoms with E-state index in [0.29, 0.717) is 6.54 Å². The number of amides is 3. The summed E-state index contributed by atoms with van der Waals surface area (Å²) in [7, 11) is 0. The van der Waals surface area contributed by atoms with E-state index in [4.69, 9.17) is 4.74 Å². The Morgan fingerprint density at radius 3 is 2.15 bits per heavy atom. The van der Waals surface area contributed by atoms with Gasteiger partial charge in [0.1, 0.15) is 17.7 Å². The molecule has 0 spiro atoms. The number of alkyl carbamates (subject to hydrolysis) is 1. The normalized spacial score (nSPS) is 13.2. The Morgan fingerprint density at radius 1 is 0.923 bits per heavy atom. The third-order valence-electron chi connectivity index (χ3n) is 6.18. The number of benzene rings is 2. The average molecular weight is 538 g/mol. The molecule has 0 heterocycles. The molecule has 3 amide bonds. The van der Waals surface area contributed by atoms with Crippen molar-refractivity contribution in [2.24, 2.45) is 0 Å². The molecule has 2 aromatic rings. The van der Waals surface area contributed by atoms with Gasteiger partial charge in [-0.05, 0) is 66.0 Å². The Hall–Kier alpha value is -3.35. The lowest BCUT2D eigenvalue weighted by Crippen LogP contribution is -2.59. The van der Waals surface area contributed by atoms with Gasteiger partial charge in [-0.3, -0.25) is 9.59 Å². The minimum absolute atomic E-state index is 0.240. The van der Waals surface area contributed by atoms with Crippen molar-refractivity contribution in [2.45, 2.75) is 104 Å². The summed E-state index contributed by atoms with van der Waals surface area (Å²) < 4.78 is 5.51. The molecule has 0 aliphatic heterocycles. The van der Waals surface area contributed by atoms with Gasteiger partial charge >= 0.3 is 6.09 Å². The molecule has 0 aliphatic carbocycles. The molecule has 0 bridgehead atoms. The number of rotatable bonds is 11. The quantitative estimate of drug-likeness (QED) is 0.339. The van der Waals surface area contributed by atoms with Gasteiger partial charge in [0.05, 0.1) is 0 Å². The Bertz CT molecular complexity index is 1090. The predicted octanol–water partition coefficient (Wildman–Crippen LogP) is 6.11. The summed E-state index contributed by atoms with van der Waals surface area (Å²) in [5.41, 5.74) is 1.14. The lowest BCUT2D eigenvalue weighted by atomic mass is 9.93. The van der Waals surface area contributed by atoms with Crippen LogP contribution in [-0.2, 0) is 20.7 Å². The zero-order chi connectivity index (χ0) is 29.2. The molecule has 2 unspecified atom stereocenters. The zero-order valence-electron chi connectivity index (χ0n) is 25.0. The zero-order valence-corrected chi connectivity index (χ0v) is 25.0. The fraction of sp³-hybridized carbons (Fsp3) is 0.531. The number of carbonyl (C=O) groups is 3. The van der Waals surface area contributed by atoms with Gasteiger partial charge in [-0.15, -0.1) is 0 Å². The van der Waals surface area contributed by atoms with E-state index >= 15 is 0 Å². The molecule has 2 N–H and O–H groups in total. The van der Waals surface area contributed by atoms with Crippen molar-refractivity contribution in [2.75, 3.05) is 6.54 Å². The fourth-order valence-electron chi connectivity index (χ4n) is 4.45. The van der Waals surface area contributed by atoms with E-state index in [1.54, 1.807) is 25.7 Å². The molecule has 0 saturated carbocycles. The second-order valence-electron chi connectivity index (χ2n) is 12.1. The van der Waals surface area contributed by atoms with Crippen LogP contribution < -0.4 is 10.6 Å². The van der Waals surface area contributed by atoms with Gasteiger partial charge in [0, 0.05) is 18.5 Å². The highest BCUT2D eigenvalue weighted by molar-refractivity contribution is 5.92. The molecule has 2 aromatic carbocycles. The maximum absolute atomic E-state index is 14.5. The molecule has 0 aromatic heterocycles. The molecule has 39 heavy (non-hydrogen) atoms. The summed E-state index contributed by atoms with van der Waals surface area (Å²) >= 11 is 0. The number of aryl methyl sites for hydroxylation is 1. The number of ether oxygens (including phenoxy) is 1. The van der Waals surface area contributed by atoms with E-state index in [1.165, 1.54) is 0 Å². The van der Waals surface area contributed by atoms with Gasteiger partial charge in [0.15, 0.2) is 0 Å². The standard InChI is InChI=1S/C32H47N3O4/c1-9-10-14-20-33-28(36)27(25-19-15-16-23(2)21-25)35(31(3,4)5)29(37)26(22-24-17-12-11-13-18-24)34-30(38)39-32(6,7)8/h11-13,15-19,21,26-27H,9-10,14,20,22H2,1-8H3,(H,33,36)(H,34,38). The van der Waals surface area contributed by atoms with Crippen LogP contribution in [0, 0.1) is 6.92 Å². The van der Waals surface area contributed by atoms with Gasteiger partial charge in [0.2, 0.25) is 11.8 Å². The van der Waals surface area contributed by atoms with E-state index < -0.39 is 29.3 Å². The second-order valence-corrected chi connectivity index (χ2v) is 12.1. The number of carbonyl (C=O) groups excluding carboxylic acids is 3. The molecule has 0 radical (unpaired) electrons. The first-order valence-corrected chi connectivity index (χ1v) is 13.9. The summed E-state index contributed by atoms with van der Waals surface area (Å²) in [6.07, 6.45) is 2.49. The third kappa shape index (κ3) is 10.4. The van der Waals surface area contributed by atoms with E-state index in [0.717, 1.165) is 36.0 Å². The highest BCUT2D eigenvalue weighted by Crippen LogP contribution is 2.31. The van der Waals surface area contributed by atoms with Gasteiger partial charge < -0.3 is 20.3 Å². The Kier molecular flexibility index (Phi) is 11.6. The van der Waals surface area contributed by atoms with E-state index in [1.807, 2.05) is 82.3 Å². The third-order valence-corrected chi connectivity index (χ3v) is 6.18. The molecule has 0 saturated heterocycles. The predicted molar refractivity (Wildman–Crippen MR) is 156 cm³/mol. The van der Waals surface area contributed by atoms with Gasteiger partial charge in [-0.2, -0.15) is 0 Å². The first kappa shape index (κ1) is 31.9. The topological polar surface area (TPSA) is 87.7 Å². The van der Waals surface area contributed by atoms with Crippen LogP contribution in [0.15, 0.2) is 54.6 Å². The maximum atomic E-state index is 14.5. The van der Waals surface area contributed by atoms with Crippen LogP contribution in [0.2, 0.25) is 0 Å². The summed E-state index contributed by atoms with van der Waals surface area (Å²) in [5, 5.41) is 5.87. The van der Waals surface area contributed by atoms with Crippen LogP contribution in [0.1, 0.15) is 90.5 Å². The van der Waals surface area contributed by atoms with Crippen molar-refractivity contribution < 1.29 is 19.1 Å². The molecule has 2 atom stereocenters. The van der Waals surface area contributed by atoms with E-state index in [-0.39, 0.29) is 18.2 Å². The van der Waals surface area contributed by atoms with Crippen LogP contribution >= 0.6 is 0 Å². The average Bonchev–Trinajstić information content (AvgIpc) is 2.83. The van der Waals surface area contributed by atoms with Gasteiger partial charge in [-0.25, -0.2) is 4.79 Å². The molecular weight excluding hydrogens is 490 g/mol. The number of nitrogens with zero attached hydrogens (tertiary/aromatic N) is 1. The molecule has 0 aliphatic rings. The van der Waals surface area contributed by atoms with Gasteiger partial charge in [-0.1, -0.05) is 79.9 Å². The Balaban J connectivity index is 2.54. The highest BCUT2D eigenvalue weighted by Gasteiger charge is 2.41. The smallest absolute Gasteiger partial charge is 0.408 e. The molecule has 214 valence electrons. The van der Waals surface area contributed by atoms with Crippen molar-refractivity contribution in [3.8, 4) is 0 Å². The molecule has 7 heteroatoms. The van der Waals surface area contributed by atoms with Crippen LogP contribution in [0.25, 0.3) is 0 Å². The van der Waals surface area contributed by atoms with Crippen molar-refractivity contribution in [1.82, 2.24) is 15.5 Å². The maximum Gasteiger partial charge on any atom is 0.408 e. The Labute approximate surface area is 234 Å². The largest absolute Gasteiger partial charge is 0.444 e. The Morgan fingerprint density at radius 2 is 1.59 bits per heavy atom. The van der Waals surface area contributed by atoms with Crippen molar-refractivity contribution in [1.29, 1.82) is 0 Å². The monoisotopic (exact) mass is 537 g/mol. The van der Waals surface area contributed by atoms with Crippen LogP contribution in [-0.4, -0.2) is 46.5 Å². The van der Waals surface area contributed by atoms with E-state index in [9.17, 15) is 14.4 Å². The van der Waals surface area contributed by atoms with Crippen molar-refractivity contribution >= 4 is 17.9 Å². The van der Waals surface area contributed by atoms with Crippen LogP contribution in [0.5, 0.6) is 0 Å². The van der Waals surface area contributed by atoms with Crippen molar-refractivity contribution in [3.63, 3.8) is 0 Å². The molecule has 0 fully saturated rings. The number of hydrogen-bond acceptors (Lipinski definition) is 4. The SMILES string of the molecule is CCCCCNC(=O)C(c1cccc(C)c1)N(C(=O)C(Cc1ccccc1)NC(=O)OC(C)(C)C)C(C)(C)C. The highest BCUT2D eigenvalue weighted by atomic mass is 16.6.